The molecule has 0 saturated carbocycles. The summed E-state index contributed by atoms with van der Waals surface area (Å²) in [6.45, 7) is 4.71. The van der Waals surface area contributed by atoms with Crippen LogP contribution in [0.25, 0.3) is 0 Å². The Labute approximate surface area is 127 Å². The van der Waals surface area contributed by atoms with Gasteiger partial charge >= 0.3 is 0 Å². The van der Waals surface area contributed by atoms with E-state index in [2.05, 4.69) is 19.1 Å². The van der Waals surface area contributed by atoms with E-state index in [0.29, 0.717) is 6.54 Å². The average Bonchev–Trinajstić information content (AvgIpc) is 2.38. The number of para-hydroxylation sites is 1. The van der Waals surface area contributed by atoms with Gasteiger partial charge in [-0.05, 0) is 36.6 Å². The molecule has 2 nitrogen and oxygen atoms in total. The zero-order chi connectivity index (χ0) is 13.8. The van der Waals surface area contributed by atoms with Crippen LogP contribution in [0.15, 0.2) is 48.5 Å². The van der Waals surface area contributed by atoms with Crippen molar-refractivity contribution in [3.8, 4) is 0 Å². The number of halogens is 1. The summed E-state index contributed by atoms with van der Waals surface area (Å²) in [4.78, 5) is 13.7. The molecule has 0 spiro atoms. The van der Waals surface area contributed by atoms with Crippen LogP contribution in [0.5, 0.6) is 0 Å². The third kappa shape index (κ3) is 3.35. The van der Waals surface area contributed by atoms with E-state index < -0.39 is 0 Å². The summed E-state index contributed by atoms with van der Waals surface area (Å²) in [7, 11) is 0. The van der Waals surface area contributed by atoms with Gasteiger partial charge < -0.3 is 0 Å². The molecule has 2 rings (SSSR count). The van der Waals surface area contributed by atoms with E-state index in [1.165, 1.54) is 11.1 Å². The summed E-state index contributed by atoms with van der Waals surface area (Å²) < 4.78 is 0.0372. The van der Waals surface area contributed by atoms with E-state index in [1.807, 2.05) is 70.8 Å². The molecule has 0 radical (unpaired) electrons. The van der Waals surface area contributed by atoms with Gasteiger partial charge in [0, 0.05) is 28.3 Å². The van der Waals surface area contributed by atoms with Crippen molar-refractivity contribution in [2.24, 2.45) is 0 Å². The SMILES string of the molecule is Cc1ccccc1CN(C(=O)I)c1ccccc1C. The molecule has 0 saturated heterocycles. The summed E-state index contributed by atoms with van der Waals surface area (Å²) in [6.07, 6.45) is 0. The molecule has 1 amide bonds. The zero-order valence-electron chi connectivity index (χ0n) is 11.1. The average molecular weight is 365 g/mol. The highest BCUT2D eigenvalue weighted by atomic mass is 127. The van der Waals surface area contributed by atoms with E-state index in [-0.39, 0.29) is 3.91 Å². The Bertz CT molecular complexity index is 595. The third-order valence-electron chi connectivity index (χ3n) is 3.21. The van der Waals surface area contributed by atoms with Gasteiger partial charge in [0.05, 0.1) is 6.54 Å². The maximum absolute atomic E-state index is 11.9. The topological polar surface area (TPSA) is 20.3 Å². The van der Waals surface area contributed by atoms with Crippen LogP contribution in [0.1, 0.15) is 16.7 Å². The molecule has 19 heavy (non-hydrogen) atoms. The highest BCUT2D eigenvalue weighted by Crippen LogP contribution is 2.24. The summed E-state index contributed by atoms with van der Waals surface area (Å²) in [6, 6.07) is 16.1. The van der Waals surface area contributed by atoms with Gasteiger partial charge in [-0.3, -0.25) is 9.69 Å². The van der Waals surface area contributed by atoms with Crippen LogP contribution >= 0.6 is 22.6 Å². The molecule has 0 fully saturated rings. The van der Waals surface area contributed by atoms with Crippen LogP contribution in [0.3, 0.4) is 0 Å². The predicted octanol–water partition coefficient (Wildman–Crippen LogP) is 4.87. The van der Waals surface area contributed by atoms with E-state index in [0.717, 1.165) is 11.3 Å². The molecule has 0 aliphatic rings. The van der Waals surface area contributed by atoms with Gasteiger partial charge in [-0.2, -0.15) is 0 Å². The van der Waals surface area contributed by atoms with Crippen molar-refractivity contribution in [3.63, 3.8) is 0 Å². The summed E-state index contributed by atoms with van der Waals surface area (Å²) in [5.41, 5.74) is 4.47. The fourth-order valence-electron chi connectivity index (χ4n) is 2.07. The smallest absolute Gasteiger partial charge is 0.287 e. The van der Waals surface area contributed by atoms with Gasteiger partial charge in [0.1, 0.15) is 0 Å². The Morgan fingerprint density at radius 2 is 1.58 bits per heavy atom. The first-order valence-electron chi connectivity index (χ1n) is 6.16. The maximum atomic E-state index is 11.9. The molecule has 2 aromatic rings. The number of benzene rings is 2. The molecule has 0 aromatic heterocycles. The molecular formula is C16H16INO. The van der Waals surface area contributed by atoms with Gasteiger partial charge in [-0.25, -0.2) is 0 Å². The van der Waals surface area contributed by atoms with Crippen molar-refractivity contribution in [1.29, 1.82) is 0 Å². The number of rotatable bonds is 3. The van der Waals surface area contributed by atoms with Crippen LogP contribution in [0.4, 0.5) is 10.5 Å². The lowest BCUT2D eigenvalue weighted by atomic mass is 10.1. The number of carbonyl (C=O) groups excluding carboxylic acids is 1. The minimum atomic E-state index is 0.0372. The number of anilines is 1. The minimum absolute atomic E-state index is 0.0372. The van der Waals surface area contributed by atoms with Crippen LogP contribution in [-0.2, 0) is 6.54 Å². The molecule has 3 heteroatoms. The molecule has 0 unspecified atom stereocenters. The fourth-order valence-corrected chi connectivity index (χ4v) is 2.50. The predicted molar refractivity (Wildman–Crippen MR) is 88.0 cm³/mol. The highest BCUT2D eigenvalue weighted by molar-refractivity contribution is 14.1. The van der Waals surface area contributed by atoms with E-state index in [9.17, 15) is 4.79 Å². The number of nitrogens with zero attached hydrogens (tertiary/aromatic N) is 1. The summed E-state index contributed by atoms with van der Waals surface area (Å²) >= 11 is 1.85. The lowest BCUT2D eigenvalue weighted by molar-refractivity contribution is 0.267. The maximum Gasteiger partial charge on any atom is 0.287 e. The van der Waals surface area contributed by atoms with Crippen LogP contribution in [0, 0.1) is 13.8 Å². The van der Waals surface area contributed by atoms with Gasteiger partial charge in [-0.1, -0.05) is 42.5 Å². The molecule has 2 aromatic carbocycles. The van der Waals surface area contributed by atoms with Gasteiger partial charge in [0.25, 0.3) is 3.91 Å². The summed E-state index contributed by atoms with van der Waals surface area (Å²) in [5, 5.41) is 0. The van der Waals surface area contributed by atoms with Gasteiger partial charge in [-0.15, -0.1) is 0 Å². The molecule has 0 aliphatic carbocycles. The number of amides is 1. The standard InChI is InChI=1S/C16H16INO/c1-12-7-3-5-9-14(12)11-18(16(17)19)15-10-6-4-8-13(15)2/h3-10H,11H2,1-2H3. The van der Waals surface area contributed by atoms with E-state index in [1.54, 1.807) is 0 Å². The van der Waals surface area contributed by atoms with Crippen LogP contribution in [-0.4, -0.2) is 3.91 Å². The van der Waals surface area contributed by atoms with E-state index >= 15 is 0 Å². The molecule has 98 valence electrons. The second-order valence-electron chi connectivity index (χ2n) is 4.55. The van der Waals surface area contributed by atoms with Crippen LogP contribution in [0.2, 0.25) is 0 Å². The van der Waals surface area contributed by atoms with Crippen molar-refractivity contribution in [2.75, 3.05) is 4.90 Å². The normalized spacial score (nSPS) is 10.3. The number of aryl methyl sites for hydroxylation is 2. The molecular weight excluding hydrogens is 349 g/mol. The largest absolute Gasteiger partial charge is 0.299 e. The van der Waals surface area contributed by atoms with E-state index in [4.69, 9.17) is 0 Å². The van der Waals surface area contributed by atoms with Crippen molar-refractivity contribution in [2.45, 2.75) is 20.4 Å². The van der Waals surface area contributed by atoms with Crippen molar-refractivity contribution >= 4 is 32.2 Å². The first-order valence-corrected chi connectivity index (χ1v) is 7.24. The molecule has 0 heterocycles. The Balaban J connectivity index is 2.35. The van der Waals surface area contributed by atoms with Gasteiger partial charge in [0.15, 0.2) is 0 Å². The monoisotopic (exact) mass is 365 g/mol. The third-order valence-corrected chi connectivity index (χ3v) is 3.79. The lowest BCUT2D eigenvalue weighted by Crippen LogP contribution is -2.25. The lowest BCUT2D eigenvalue weighted by Gasteiger charge is -2.23. The van der Waals surface area contributed by atoms with Crippen LogP contribution < -0.4 is 4.90 Å². The van der Waals surface area contributed by atoms with Crippen molar-refractivity contribution < 1.29 is 4.79 Å². The quantitative estimate of drug-likeness (QED) is 0.432. The number of hydrogen-bond acceptors (Lipinski definition) is 1. The minimum Gasteiger partial charge on any atom is -0.299 e. The Morgan fingerprint density at radius 1 is 1.00 bits per heavy atom. The molecule has 0 N–H and O–H groups in total. The van der Waals surface area contributed by atoms with Crippen molar-refractivity contribution in [1.82, 2.24) is 0 Å². The Hall–Kier alpha value is -1.36. The molecule has 0 aliphatic heterocycles. The second-order valence-corrected chi connectivity index (χ2v) is 5.47. The number of hydrogen-bond donors (Lipinski definition) is 0. The molecule has 0 atom stereocenters. The first-order chi connectivity index (χ1) is 9.09. The van der Waals surface area contributed by atoms with Crippen molar-refractivity contribution in [3.05, 3.63) is 65.2 Å². The fraction of sp³-hybridized carbons (Fsp3) is 0.188. The first kappa shape index (κ1) is 14.1. The van der Waals surface area contributed by atoms with Gasteiger partial charge in [0.2, 0.25) is 0 Å². The molecule has 0 bridgehead atoms. The zero-order valence-corrected chi connectivity index (χ0v) is 13.2. The Kier molecular flexibility index (Phi) is 4.58. The highest BCUT2D eigenvalue weighted by Gasteiger charge is 2.15. The number of carbonyl (C=O) groups is 1. The Morgan fingerprint density at radius 3 is 2.16 bits per heavy atom. The second kappa shape index (κ2) is 6.19. The summed E-state index contributed by atoms with van der Waals surface area (Å²) in [5.74, 6) is 0.